The number of piperazine rings is 1. The maximum Gasteiger partial charge on any atom is 0.249 e. The van der Waals surface area contributed by atoms with Gasteiger partial charge in [-0.3, -0.25) is 14.9 Å². The Morgan fingerprint density at radius 2 is 2.22 bits per heavy atom. The lowest BCUT2D eigenvalue weighted by Gasteiger charge is -2.34. The Morgan fingerprint density at radius 3 is 2.83 bits per heavy atom. The van der Waals surface area contributed by atoms with Crippen LogP contribution in [0.5, 0.6) is 0 Å². The van der Waals surface area contributed by atoms with Gasteiger partial charge in [0, 0.05) is 4.47 Å². The summed E-state index contributed by atoms with van der Waals surface area (Å²) in [5.41, 5.74) is 0.834. The number of halogens is 1. The number of carbonyl (C=O) groups excluding carboxylic acids is 2. The molecular weight excluding hydrogens is 298 g/mol. The van der Waals surface area contributed by atoms with Crippen molar-refractivity contribution in [2.75, 3.05) is 11.4 Å². The second-order valence-electron chi connectivity index (χ2n) is 4.20. The largest absolute Gasteiger partial charge is 0.335 e. The first kappa shape index (κ1) is 13.0. The van der Waals surface area contributed by atoms with E-state index in [1.54, 1.807) is 4.90 Å². The first-order valence-electron chi connectivity index (χ1n) is 5.76. The number of pyridine rings is 1. The molecule has 2 heterocycles. The summed E-state index contributed by atoms with van der Waals surface area (Å²) in [4.78, 5) is 29.4. The summed E-state index contributed by atoms with van der Waals surface area (Å²) in [5, 5.41) is 2.35. The number of anilines is 1. The molecule has 1 aliphatic rings. The van der Waals surface area contributed by atoms with Gasteiger partial charge in [-0.05, 0) is 41.4 Å². The number of amides is 2. The summed E-state index contributed by atoms with van der Waals surface area (Å²) >= 11 is 3.38. The third-order valence-electron chi connectivity index (χ3n) is 2.94. The highest BCUT2D eigenvalue weighted by Gasteiger charge is 2.33. The van der Waals surface area contributed by atoms with E-state index in [0.29, 0.717) is 12.2 Å². The average molecular weight is 312 g/mol. The fraction of sp³-hybridized carbons (Fsp3) is 0.417. The molecule has 18 heavy (non-hydrogen) atoms. The number of aromatic nitrogens is 1. The van der Waals surface area contributed by atoms with Gasteiger partial charge in [0.05, 0.1) is 12.2 Å². The molecule has 2 amide bonds. The molecule has 1 unspecified atom stereocenters. The van der Waals surface area contributed by atoms with Crippen molar-refractivity contribution in [2.45, 2.75) is 26.3 Å². The molecule has 2 rings (SSSR count). The van der Waals surface area contributed by atoms with Crippen molar-refractivity contribution in [1.82, 2.24) is 10.3 Å². The monoisotopic (exact) mass is 311 g/mol. The first-order chi connectivity index (χ1) is 8.52. The van der Waals surface area contributed by atoms with Crippen LogP contribution in [0.15, 0.2) is 16.6 Å². The Bertz CT molecular complexity index is 504. The van der Waals surface area contributed by atoms with E-state index in [1.807, 2.05) is 26.0 Å². The summed E-state index contributed by atoms with van der Waals surface area (Å²) in [5.74, 6) is 0.119. The molecular formula is C12H14BrN3O2. The van der Waals surface area contributed by atoms with Crippen molar-refractivity contribution in [2.24, 2.45) is 0 Å². The summed E-state index contributed by atoms with van der Waals surface area (Å²) in [6.07, 6.45) is 0.635. The van der Waals surface area contributed by atoms with Crippen molar-refractivity contribution in [3.05, 3.63) is 22.3 Å². The van der Waals surface area contributed by atoms with E-state index in [2.05, 4.69) is 26.2 Å². The molecule has 96 valence electrons. The fourth-order valence-corrected chi connectivity index (χ4v) is 2.22. The quantitative estimate of drug-likeness (QED) is 0.839. The van der Waals surface area contributed by atoms with Gasteiger partial charge in [0.1, 0.15) is 11.9 Å². The van der Waals surface area contributed by atoms with Crippen LogP contribution >= 0.6 is 15.9 Å². The van der Waals surface area contributed by atoms with Gasteiger partial charge < -0.3 is 4.90 Å². The van der Waals surface area contributed by atoms with Gasteiger partial charge in [0.2, 0.25) is 11.8 Å². The van der Waals surface area contributed by atoms with Crippen LogP contribution in [0.25, 0.3) is 0 Å². The molecule has 1 aromatic rings. The molecule has 5 nitrogen and oxygen atoms in total. The molecule has 0 spiro atoms. The number of rotatable bonds is 2. The highest BCUT2D eigenvalue weighted by molar-refractivity contribution is 9.10. The van der Waals surface area contributed by atoms with Gasteiger partial charge >= 0.3 is 0 Å². The Hall–Kier alpha value is -1.43. The summed E-state index contributed by atoms with van der Waals surface area (Å²) < 4.78 is 0.909. The van der Waals surface area contributed by atoms with Crippen molar-refractivity contribution in [1.29, 1.82) is 0 Å². The van der Waals surface area contributed by atoms with Crippen LogP contribution in [0.4, 0.5) is 5.82 Å². The zero-order valence-electron chi connectivity index (χ0n) is 10.2. The molecule has 1 atom stereocenters. The average Bonchev–Trinajstić information content (AvgIpc) is 2.32. The smallest absolute Gasteiger partial charge is 0.249 e. The Labute approximate surface area is 114 Å². The van der Waals surface area contributed by atoms with Crippen LogP contribution in [0, 0.1) is 6.92 Å². The number of hydrogen-bond donors (Lipinski definition) is 1. The van der Waals surface area contributed by atoms with Gasteiger partial charge in [0.15, 0.2) is 0 Å². The number of hydrogen-bond acceptors (Lipinski definition) is 4. The molecule has 0 radical (unpaired) electrons. The van der Waals surface area contributed by atoms with Gasteiger partial charge in [-0.1, -0.05) is 6.92 Å². The minimum atomic E-state index is -0.337. The second kappa shape index (κ2) is 5.06. The normalized spacial score (nSPS) is 19.9. The number of nitrogens with one attached hydrogen (secondary N) is 1. The third kappa shape index (κ3) is 2.38. The molecule has 0 saturated carbocycles. The van der Waals surface area contributed by atoms with Crippen LogP contribution in [-0.2, 0) is 9.59 Å². The highest BCUT2D eigenvalue weighted by Crippen LogP contribution is 2.22. The van der Waals surface area contributed by atoms with E-state index in [9.17, 15) is 9.59 Å². The Kier molecular flexibility index (Phi) is 3.65. The summed E-state index contributed by atoms with van der Waals surface area (Å²) in [7, 11) is 0. The van der Waals surface area contributed by atoms with E-state index in [-0.39, 0.29) is 24.4 Å². The van der Waals surface area contributed by atoms with E-state index in [0.717, 1.165) is 10.2 Å². The lowest BCUT2D eigenvalue weighted by atomic mass is 10.1. The number of aryl methyl sites for hydroxylation is 1. The standard InChI is InChI=1S/C12H14BrN3O2/c1-3-9-12(18)15-11(17)6-16(9)10-5-4-8(13)7(2)14-10/h4-5,9H,3,6H2,1-2H3,(H,15,17,18). The number of carbonyl (C=O) groups is 2. The van der Waals surface area contributed by atoms with Gasteiger partial charge in [-0.25, -0.2) is 4.98 Å². The SMILES string of the molecule is CCC1C(=O)NC(=O)CN1c1ccc(Br)c(C)n1. The van der Waals surface area contributed by atoms with Crippen molar-refractivity contribution in [3.8, 4) is 0 Å². The summed E-state index contributed by atoms with van der Waals surface area (Å²) in [6.45, 7) is 3.96. The van der Waals surface area contributed by atoms with E-state index < -0.39 is 0 Å². The molecule has 6 heteroatoms. The van der Waals surface area contributed by atoms with Crippen LogP contribution < -0.4 is 10.2 Å². The van der Waals surface area contributed by atoms with Crippen molar-refractivity contribution >= 4 is 33.6 Å². The minimum absolute atomic E-state index is 0.165. The molecule has 1 aromatic heterocycles. The Balaban J connectivity index is 2.36. The predicted octanol–water partition coefficient (Wildman–Crippen LogP) is 1.39. The van der Waals surface area contributed by atoms with Gasteiger partial charge in [-0.15, -0.1) is 0 Å². The lowest BCUT2D eigenvalue weighted by molar-refractivity contribution is -0.132. The van der Waals surface area contributed by atoms with Crippen LogP contribution in [-0.4, -0.2) is 29.4 Å². The Morgan fingerprint density at radius 1 is 1.50 bits per heavy atom. The topological polar surface area (TPSA) is 62.3 Å². The predicted molar refractivity (Wildman–Crippen MR) is 71.2 cm³/mol. The second-order valence-corrected chi connectivity index (χ2v) is 5.06. The molecule has 1 aliphatic heterocycles. The maximum absolute atomic E-state index is 11.8. The molecule has 0 bridgehead atoms. The molecule has 1 saturated heterocycles. The molecule has 0 aromatic carbocycles. The third-order valence-corrected chi connectivity index (χ3v) is 3.78. The molecule has 1 fully saturated rings. The van der Waals surface area contributed by atoms with Crippen molar-refractivity contribution in [3.63, 3.8) is 0 Å². The van der Waals surface area contributed by atoms with E-state index in [1.165, 1.54) is 0 Å². The summed E-state index contributed by atoms with van der Waals surface area (Å²) in [6, 6.07) is 3.35. The lowest BCUT2D eigenvalue weighted by Crippen LogP contribution is -2.58. The van der Waals surface area contributed by atoms with Crippen LogP contribution in [0.3, 0.4) is 0 Å². The molecule has 0 aliphatic carbocycles. The molecule has 1 N–H and O–H groups in total. The number of nitrogens with zero attached hydrogens (tertiary/aromatic N) is 2. The minimum Gasteiger partial charge on any atom is -0.335 e. The van der Waals surface area contributed by atoms with Crippen LogP contribution in [0.2, 0.25) is 0 Å². The fourth-order valence-electron chi connectivity index (χ4n) is 2.00. The van der Waals surface area contributed by atoms with E-state index in [4.69, 9.17) is 0 Å². The van der Waals surface area contributed by atoms with Crippen LogP contribution in [0.1, 0.15) is 19.0 Å². The van der Waals surface area contributed by atoms with Gasteiger partial charge in [0.25, 0.3) is 0 Å². The highest BCUT2D eigenvalue weighted by atomic mass is 79.9. The zero-order valence-corrected chi connectivity index (χ0v) is 11.8. The maximum atomic E-state index is 11.8. The van der Waals surface area contributed by atoms with Gasteiger partial charge in [-0.2, -0.15) is 0 Å². The zero-order chi connectivity index (χ0) is 13.3. The van der Waals surface area contributed by atoms with Crippen molar-refractivity contribution < 1.29 is 9.59 Å². The van der Waals surface area contributed by atoms with E-state index >= 15 is 0 Å². The number of imide groups is 1. The first-order valence-corrected chi connectivity index (χ1v) is 6.55.